The standard InChI is InChI=1S/C13H17NO3/c1-16-11-5-3-4-9(6-11)13(15)14-10-7-12(8-10)17-2/h3-6,10,12H,7-8H2,1-2H3,(H,14,15). The first-order valence-corrected chi connectivity index (χ1v) is 5.70. The molecule has 92 valence electrons. The summed E-state index contributed by atoms with van der Waals surface area (Å²) in [6, 6.07) is 7.39. The van der Waals surface area contributed by atoms with Gasteiger partial charge in [-0.1, -0.05) is 6.07 Å². The van der Waals surface area contributed by atoms with Gasteiger partial charge in [0.15, 0.2) is 0 Å². The minimum atomic E-state index is -0.0524. The lowest BCUT2D eigenvalue weighted by molar-refractivity contribution is 0.0176. The van der Waals surface area contributed by atoms with Crippen LogP contribution in [0.1, 0.15) is 23.2 Å². The van der Waals surface area contributed by atoms with Gasteiger partial charge in [0, 0.05) is 18.7 Å². The van der Waals surface area contributed by atoms with Crippen molar-refractivity contribution in [1.29, 1.82) is 0 Å². The zero-order chi connectivity index (χ0) is 12.3. The second-order valence-corrected chi connectivity index (χ2v) is 4.23. The van der Waals surface area contributed by atoms with Gasteiger partial charge in [-0.3, -0.25) is 4.79 Å². The molecule has 1 aromatic rings. The molecule has 0 aliphatic heterocycles. The summed E-state index contributed by atoms with van der Waals surface area (Å²) in [6.07, 6.45) is 2.09. The highest BCUT2D eigenvalue weighted by molar-refractivity contribution is 5.94. The average molecular weight is 235 g/mol. The summed E-state index contributed by atoms with van der Waals surface area (Å²) in [5, 5.41) is 2.97. The van der Waals surface area contributed by atoms with E-state index in [1.807, 2.05) is 12.1 Å². The highest BCUT2D eigenvalue weighted by Crippen LogP contribution is 2.23. The minimum absolute atomic E-state index is 0.0524. The van der Waals surface area contributed by atoms with E-state index in [-0.39, 0.29) is 11.9 Å². The monoisotopic (exact) mass is 235 g/mol. The first-order valence-electron chi connectivity index (χ1n) is 5.70. The van der Waals surface area contributed by atoms with Crippen LogP contribution in [0.4, 0.5) is 0 Å². The van der Waals surface area contributed by atoms with E-state index in [1.165, 1.54) is 0 Å². The maximum Gasteiger partial charge on any atom is 0.251 e. The first kappa shape index (κ1) is 11.9. The number of amides is 1. The topological polar surface area (TPSA) is 47.6 Å². The van der Waals surface area contributed by atoms with Crippen molar-refractivity contribution < 1.29 is 14.3 Å². The van der Waals surface area contributed by atoms with Crippen molar-refractivity contribution >= 4 is 5.91 Å². The summed E-state index contributed by atoms with van der Waals surface area (Å²) in [7, 11) is 3.29. The molecule has 1 fully saturated rings. The molecule has 17 heavy (non-hydrogen) atoms. The zero-order valence-electron chi connectivity index (χ0n) is 10.1. The van der Waals surface area contributed by atoms with Crippen LogP contribution in [-0.2, 0) is 4.74 Å². The Labute approximate surface area is 101 Å². The second-order valence-electron chi connectivity index (χ2n) is 4.23. The molecule has 1 amide bonds. The lowest BCUT2D eigenvalue weighted by Gasteiger charge is -2.34. The lowest BCUT2D eigenvalue weighted by Crippen LogP contribution is -2.47. The molecule has 0 atom stereocenters. The van der Waals surface area contributed by atoms with E-state index >= 15 is 0 Å². The maximum absolute atomic E-state index is 11.9. The molecule has 0 unspecified atom stereocenters. The Bertz CT molecular complexity index is 399. The average Bonchev–Trinajstić information content (AvgIpc) is 2.33. The van der Waals surface area contributed by atoms with Crippen LogP contribution in [0, 0.1) is 0 Å². The minimum Gasteiger partial charge on any atom is -0.497 e. The number of hydrogen-bond acceptors (Lipinski definition) is 3. The van der Waals surface area contributed by atoms with Gasteiger partial charge in [-0.2, -0.15) is 0 Å². The van der Waals surface area contributed by atoms with Crippen LogP contribution in [0.15, 0.2) is 24.3 Å². The summed E-state index contributed by atoms with van der Waals surface area (Å²) >= 11 is 0. The van der Waals surface area contributed by atoms with E-state index in [2.05, 4.69) is 5.32 Å². The predicted molar refractivity (Wildman–Crippen MR) is 64.3 cm³/mol. The van der Waals surface area contributed by atoms with Gasteiger partial charge in [-0.25, -0.2) is 0 Å². The fraction of sp³-hybridized carbons (Fsp3) is 0.462. The molecule has 0 bridgehead atoms. The number of rotatable bonds is 4. The maximum atomic E-state index is 11.9. The van der Waals surface area contributed by atoms with E-state index in [4.69, 9.17) is 9.47 Å². The molecule has 0 heterocycles. The Morgan fingerprint density at radius 3 is 2.76 bits per heavy atom. The molecule has 4 nitrogen and oxygen atoms in total. The summed E-state index contributed by atoms with van der Waals surface area (Å²) < 4.78 is 10.3. The Morgan fingerprint density at radius 2 is 2.12 bits per heavy atom. The third kappa shape index (κ3) is 2.77. The summed E-state index contributed by atoms with van der Waals surface area (Å²) in [4.78, 5) is 11.9. The van der Waals surface area contributed by atoms with Gasteiger partial charge in [0.2, 0.25) is 0 Å². The van der Waals surface area contributed by atoms with Crippen LogP contribution in [0.25, 0.3) is 0 Å². The van der Waals surface area contributed by atoms with Crippen LogP contribution in [-0.4, -0.2) is 32.3 Å². The van der Waals surface area contributed by atoms with Gasteiger partial charge in [-0.15, -0.1) is 0 Å². The van der Waals surface area contributed by atoms with Crippen molar-refractivity contribution in [3.8, 4) is 5.75 Å². The van der Waals surface area contributed by atoms with Gasteiger partial charge in [0.25, 0.3) is 5.91 Å². The normalized spacial score (nSPS) is 22.7. The van der Waals surface area contributed by atoms with Crippen LogP contribution >= 0.6 is 0 Å². The van der Waals surface area contributed by atoms with Gasteiger partial charge in [-0.05, 0) is 31.0 Å². The number of carbonyl (C=O) groups excluding carboxylic acids is 1. The van der Waals surface area contributed by atoms with Crippen molar-refractivity contribution in [2.45, 2.75) is 25.0 Å². The molecule has 1 aliphatic rings. The molecule has 0 spiro atoms. The Hall–Kier alpha value is -1.55. The largest absolute Gasteiger partial charge is 0.497 e. The van der Waals surface area contributed by atoms with Crippen LogP contribution < -0.4 is 10.1 Å². The van der Waals surface area contributed by atoms with Crippen molar-refractivity contribution in [3.63, 3.8) is 0 Å². The van der Waals surface area contributed by atoms with Gasteiger partial charge in [0.05, 0.1) is 13.2 Å². The number of benzene rings is 1. The Kier molecular flexibility index (Phi) is 3.64. The third-order valence-electron chi connectivity index (χ3n) is 3.10. The van der Waals surface area contributed by atoms with E-state index < -0.39 is 0 Å². The van der Waals surface area contributed by atoms with Crippen LogP contribution in [0.2, 0.25) is 0 Å². The summed E-state index contributed by atoms with van der Waals surface area (Å²) in [5.41, 5.74) is 0.630. The van der Waals surface area contributed by atoms with E-state index in [0.29, 0.717) is 17.4 Å². The molecule has 4 heteroatoms. The summed E-state index contributed by atoms with van der Waals surface area (Å²) in [6.45, 7) is 0. The van der Waals surface area contributed by atoms with Crippen molar-refractivity contribution in [2.75, 3.05) is 14.2 Å². The fourth-order valence-electron chi connectivity index (χ4n) is 1.91. The second kappa shape index (κ2) is 5.19. The third-order valence-corrected chi connectivity index (χ3v) is 3.10. The Morgan fingerprint density at radius 1 is 1.35 bits per heavy atom. The molecule has 0 saturated heterocycles. The highest BCUT2D eigenvalue weighted by Gasteiger charge is 2.30. The Balaban J connectivity index is 1.91. The van der Waals surface area contributed by atoms with E-state index in [9.17, 15) is 4.79 Å². The van der Waals surface area contributed by atoms with Gasteiger partial charge in [0.1, 0.15) is 5.75 Å². The predicted octanol–water partition coefficient (Wildman–Crippen LogP) is 1.60. The molecular formula is C13H17NO3. The molecule has 0 radical (unpaired) electrons. The highest BCUT2D eigenvalue weighted by atomic mass is 16.5. The smallest absolute Gasteiger partial charge is 0.251 e. The molecular weight excluding hydrogens is 218 g/mol. The first-order chi connectivity index (χ1) is 8.22. The van der Waals surface area contributed by atoms with E-state index in [1.54, 1.807) is 26.4 Å². The van der Waals surface area contributed by atoms with Gasteiger partial charge < -0.3 is 14.8 Å². The van der Waals surface area contributed by atoms with Crippen LogP contribution in [0.5, 0.6) is 5.75 Å². The number of hydrogen-bond donors (Lipinski definition) is 1. The van der Waals surface area contributed by atoms with Crippen LogP contribution in [0.3, 0.4) is 0 Å². The fourth-order valence-corrected chi connectivity index (χ4v) is 1.91. The molecule has 2 rings (SSSR count). The summed E-state index contributed by atoms with van der Waals surface area (Å²) in [5.74, 6) is 0.643. The number of ether oxygens (including phenoxy) is 2. The van der Waals surface area contributed by atoms with Crippen molar-refractivity contribution in [1.82, 2.24) is 5.32 Å². The SMILES string of the molecule is COc1cccc(C(=O)NC2CC(OC)C2)c1. The zero-order valence-corrected chi connectivity index (χ0v) is 10.1. The lowest BCUT2D eigenvalue weighted by atomic mass is 9.89. The molecule has 0 aromatic heterocycles. The quantitative estimate of drug-likeness (QED) is 0.862. The number of carbonyl (C=O) groups is 1. The number of nitrogens with one attached hydrogen (secondary N) is 1. The number of methoxy groups -OCH3 is 2. The molecule has 1 saturated carbocycles. The molecule has 1 N–H and O–H groups in total. The molecule has 1 aliphatic carbocycles. The van der Waals surface area contributed by atoms with E-state index in [0.717, 1.165) is 12.8 Å². The van der Waals surface area contributed by atoms with Gasteiger partial charge >= 0.3 is 0 Å². The van der Waals surface area contributed by atoms with Crippen molar-refractivity contribution in [2.24, 2.45) is 0 Å². The van der Waals surface area contributed by atoms with Crippen molar-refractivity contribution in [3.05, 3.63) is 29.8 Å². The molecule has 1 aromatic carbocycles.